The van der Waals surface area contributed by atoms with Crippen molar-refractivity contribution in [3.8, 4) is 0 Å². The Balaban J connectivity index is 1.36. The summed E-state index contributed by atoms with van der Waals surface area (Å²) in [5.74, 6) is 1.65. The number of hydrogen-bond acceptors (Lipinski definition) is 9. The van der Waals surface area contributed by atoms with Crippen LogP contribution in [0.3, 0.4) is 0 Å². The smallest absolute Gasteiger partial charge is 0.407 e. The fourth-order valence-corrected chi connectivity index (χ4v) is 6.21. The number of carbonyl (C=O) groups is 2. The highest BCUT2D eigenvalue weighted by molar-refractivity contribution is 5.81. The van der Waals surface area contributed by atoms with Crippen molar-refractivity contribution >= 4 is 11.9 Å². The maximum absolute atomic E-state index is 12.5. The molecule has 2 aliphatic carbocycles. The van der Waals surface area contributed by atoms with E-state index >= 15 is 0 Å². The van der Waals surface area contributed by atoms with Crippen molar-refractivity contribution < 1.29 is 33.3 Å². The molecule has 0 bridgehead atoms. The van der Waals surface area contributed by atoms with E-state index in [1.165, 1.54) is 5.69 Å². The van der Waals surface area contributed by atoms with Crippen molar-refractivity contribution in [3.63, 3.8) is 0 Å². The van der Waals surface area contributed by atoms with Crippen LogP contribution < -0.4 is 5.32 Å². The summed E-state index contributed by atoms with van der Waals surface area (Å²) in [7, 11) is 1.71. The van der Waals surface area contributed by atoms with Gasteiger partial charge in [0.2, 0.25) is 0 Å². The Kier molecular flexibility index (Phi) is 14.5. The second-order valence-electron chi connectivity index (χ2n) is 16.6. The molecule has 0 saturated heterocycles. The van der Waals surface area contributed by atoms with Gasteiger partial charge in [0, 0.05) is 26.1 Å². The molecule has 3 rings (SSSR count). The molecule has 1 aromatic rings. The number of aryl methyl sites for hydroxylation is 2. The van der Waals surface area contributed by atoms with E-state index in [2.05, 4.69) is 34.2 Å². The van der Waals surface area contributed by atoms with Crippen LogP contribution in [0.1, 0.15) is 119 Å². The Morgan fingerprint density at radius 3 is 2.04 bits per heavy atom. The summed E-state index contributed by atoms with van der Waals surface area (Å²) in [6, 6.07) is 0. The molecule has 1 saturated carbocycles. The van der Waals surface area contributed by atoms with Crippen LogP contribution in [0.25, 0.3) is 0 Å². The van der Waals surface area contributed by atoms with Gasteiger partial charge in [-0.3, -0.25) is 4.79 Å². The molecule has 48 heavy (non-hydrogen) atoms. The van der Waals surface area contributed by atoms with Crippen molar-refractivity contribution in [2.24, 2.45) is 23.7 Å². The van der Waals surface area contributed by atoms with Gasteiger partial charge in [-0.2, -0.15) is 0 Å². The molecular weight excluding hydrogens is 612 g/mol. The average Bonchev–Trinajstić information content (AvgIpc) is 3.49. The second-order valence-corrected chi connectivity index (χ2v) is 16.6. The molecule has 3 unspecified atom stereocenters. The molecule has 0 spiro atoms. The Morgan fingerprint density at radius 1 is 0.833 bits per heavy atom. The van der Waals surface area contributed by atoms with Gasteiger partial charge in [0.05, 0.1) is 53.6 Å². The largest absolute Gasteiger partial charge is 0.449 e. The molecule has 1 heterocycles. The lowest BCUT2D eigenvalue weighted by Gasteiger charge is -2.30. The standard InChI is InChI=1S/C37H66N4O7/c1-26(2)32(42)25-48-37(9,10)19-23-47-36(7,8)17-21-41-31-15-13-28-27(12-14-30(31)39-40-41)29(28)24-45-33(43)38-20-16-35(5,6)46-22-18-34(3,4)44-11/h26-29H,12-25H2,1-11H3,(H,38,43). The Hall–Kier alpha value is -2.08. The fourth-order valence-electron chi connectivity index (χ4n) is 6.21. The summed E-state index contributed by atoms with van der Waals surface area (Å²) in [4.78, 5) is 24.4. The van der Waals surface area contributed by atoms with E-state index in [4.69, 9.17) is 23.7 Å². The molecule has 276 valence electrons. The summed E-state index contributed by atoms with van der Waals surface area (Å²) < 4.78 is 31.4. The molecule has 1 aromatic heterocycles. The lowest BCUT2D eigenvalue weighted by molar-refractivity contribution is -0.134. The topological polar surface area (TPSA) is 123 Å². The minimum Gasteiger partial charge on any atom is -0.449 e. The van der Waals surface area contributed by atoms with Gasteiger partial charge in [0.25, 0.3) is 0 Å². The van der Waals surface area contributed by atoms with E-state index in [1.54, 1.807) is 7.11 Å². The molecule has 0 aliphatic heterocycles. The van der Waals surface area contributed by atoms with Gasteiger partial charge >= 0.3 is 6.09 Å². The van der Waals surface area contributed by atoms with Crippen molar-refractivity contribution in [2.75, 3.05) is 40.1 Å². The molecule has 1 N–H and O–H groups in total. The van der Waals surface area contributed by atoms with Crippen molar-refractivity contribution in [2.45, 2.75) is 150 Å². The maximum atomic E-state index is 12.5. The molecule has 2 aliphatic rings. The van der Waals surface area contributed by atoms with Crippen LogP contribution in [0.15, 0.2) is 0 Å². The number of ether oxygens (including phenoxy) is 5. The number of carbonyl (C=O) groups excluding carboxylic acids is 2. The van der Waals surface area contributed by atoms with Crippen LogP contribution in [0.4, 0.5) is 4.79 Å². The quantitative estimate of drug-likeness (QED) is 0.159. The first-order valence-corrected chi connectivity index (χ1v) is 18.2. The molecule has 3 atom stereocenters. The number of alkyl carbamates (subject to hydrolysis) is 1. The molecule has 11 heteroatoms. The number of nitrogens with one attached hydrogen (secondary N) is 1. The van der Waals surface area contributed by atoms with Crippen LogP contribution in [-0.2, 0) is 47.9 Å². The maximum Gasteiger partial charge on any atom is 0.407 e. The third kappa shape index (κ3) is 13.3. The van der Waals surface area contributed by atoms with Crippen LogP contribution in [0.2, 0.25) is 0 Å². The predicted octanol–water partition coefficient (Wildman–Crippen LogP) is 6.34. The van der Waals surface area contributed by atoms with Gasteiger partial charge in [0.1, 0.15) is 6.61 Å². The predicted molar refractivity (Wildman–Crippen MR) is 186 cm³/mol. The summed E-state index contributed by atoms with van der Waals surface area (Å²) in [6.45, 7) is 23.2. The van der Waals surface area contributed by atoms with Crippen molar-refractivity contribution in [3.05, 3.63) is 11.4 Å². The molecule has 0 radical (unpaired) electrons. The molecular formula is C37H66N4O7. The molecule has 0 aromatic carbocycles. The Bertz CT molecular complexity index is 1180. The van der Waals surface area contributed by atoms with E-state index in [1.807, 2.05) is 55.4 Å². The normalized spacial score (nSPS) is 20.1. The first-order valence-electron chi connectivity index (χ1n) is 18.2. The summed E-state index contributed by atoms with van der Waals surface area (Å²) in [5, 5.41) is 12.0. The van der Waals surface area contributed by atoms with Gasteiger partial charge in [-0.1, -0.05) is 19.1 Å². The van der Waals surface area contributed by atoms with Gasteiger partial charge in [-0.15, -0.1) is 5.10 Å². The first kappa shape index (κ1) is 40.4. The van der Waals surface area contributed by atoms with Gasteiger partial charge in [-0.05, 0) is 125 Å². The zero-order valence-electron chi connectivity index (χ0n) is 31.9. The SMILES string of the molecule is COC(C)(C)CCOC(C)(C)CCNC(=O)OCC1C2CCc3nnn(CCC(C)(C)OCCC(C)(C)OCC(=O)C(C)C)c3CCC21. The number of ketones is 1. The van der Waals surface area contributed by atoms with E-state index in [9.17, 15) is 9.59 Å². The number of methoxy groups -OCH3 is 1. The van der Waals surface area contributed by atoms with Crippen molar-refractivity contribution in [1.82, 2.24) is 20.3 Å². The van der Waals surface area contributed by atoms with Crippen molar-refractivity contribution in [1.29, 1.82) is 0 Å². The Labute approximate surface area is 289 Å². The van der Waals surface area contributed by atoms with Crippen LogP contribution in [0, 0.1) is 23.7 Å². The van der Waals surface area contributed by atoms with Gasteiger partial charge < -0.3 is 29.0 Å². The minimum atomic E-state index is -0.426. The minimum absolute atomic E-state index is 0.0217. The molecule has 1 amide bonds. The van der Waals surface area contributed by atoms with E-state index in [0.717, 1.165) is 50.8 Å². The van der Waals surface area contributed by atoms with E-state index < -0.39 is 5.60 Å². The van der Waals surface area contributed by atoms with E-state index in [-0.39, 0.29) is 41.2 Å². The summed E-state index contributed by atoms with van der Waals surface area (Å²) in [6.07, 6.45) is 6.61. The second kappa shape index (κ2) is 17.2. The van der Waals surface area contributed by atoms with Crippen LogP contribution in [0.5, 0.6) is 0 Å². The zero-order chi connectivity index (χ0) is 35.8. The highest BCUT2D eigenvalue weighted by Crippen LogP contribution is 2.53. The van der Waals surface area contributed by atoms with Crippen LogP contribution in [-0.4, -0.2) is 89.4 Å². The monoisotopic (exact) mass is 678 g/mol. The third-order valence-corrected chi connectivity index (χ3v) is 10.4. The number of nitrogens with zero attached hydrogens (tertiary/aromatic N) is 3. The zero-order valence-corrected chi connectivity index (χ0v) is 31.9. The third-order valence-electron chi connectivity index (χ3n) is 10.4. The number of rotatable bonds is 21. The number of hydrogen-bond donors (Lipinski definition) is 1. The average molecular weight is 679 g/mol. The fraction of sp³-hybridized carbons (Fsp3) is 0.892. The number of Topliss-reactive ketones (excluding diaryl/α,β-unsaturated/α-hetero) is 1. The number of aromatic nitrogens is 3. The highest BCUT2D eigenvalue weighted by atomic mass is 16.5. The number of fused-ring (bicyclic) bond motifs is 2. The summed E-state index contributed by atoms with van der Waals surface area (Å²) >= 11 is 0. The first-order chi connectivity index (χ1) is 22.3. The number of amides is 1. The van der Waals surface area contributed by atoms with Gasteiger partial charge in [-0.25, -0.2) is 9.48 Å². The van der Waals surface area contributed by atoms with Gasteiger partial charge in [0.15, 0.2) is 5.78 Å². The Morgan fingerprint density at radius 2 is 1.42 bits per heavy atom. The molecule has 11 nitrogen and oxygen atoms in total. The lowest BCUT2D eigenvalue weighted by atomic mass is 10.0. The highest BCUT2D eigenvalue weighted by Gasteiger charge is 2.50. The lowest BCUT2D eigenvalue weighted by Crippen LogP contribution is -2.35. The molecule has 1 fully saturated rings. The van der Waals surface area contributed by atoms with Crippen LogP contribution >= 0.6 is 0 Å². The summed E-state index contributed by atoms with van der Waals surface area (Å²) in [5.41, 5.74) is 1.01. The van der Waals surface area contributed by atoms with E-state index in [0.29, 0.717) is 57.0 Å².